The molecule has 1 atom stereocenters. The number of hydrogen-bond acceptors (Lipinski definition) is 3. The van der Waals surface area contributed by atoms with E-state index in [0.29, 0.717) is 0 Å². The van der Waals surface area contributed by atoms with Crippen molar-refractivity contribution in [1.82, 2.24) is 5.43 Å². The molecule has 0 fully saturated rings. The highest BCUT2D eigenvalue weighted by Crippen LogP contribution is 2.14. The summed E-state index contributed by atoms with van der Waals surface area (Å²) in [5.41, 5.74) is 6.38. The Hall–Kier alpha value is -2.14. The van der Waals surface area contributed by atoms with Crippen LogP contribution in [0.25, 0.3) is 0 Å². The van der Waals surface area contributed by atoms with Gasteiger partial charge in [-0.2, -0.15) is 5.10 Å². The number of aryl methyl sites for hydroxylation is 1. The molecule has 0 saturated carbocycles. The summed E-state index contributed by atoms with van der Waals surface area (Å²) in [4.78, 5) is 12.2. The molecule has 5 heteroatoms. The molecular formula is C18H20BrN3O. The first-order chi connectivity index (χ1) is 11.0. The maximum absolute atomic E-state index is 12.2. The first-order valence-corrected chi connectivity index (χ1v) is 8.19. The fourth-order valence-corrected chi connectivity index (χ4v) is 2.29. The van der Waals surface area contributed by atoms with Gasteiger partial charge in [-0.25, -0.2) is 5.43 Å². The Balaban J connectivity index is 1.97. The summed E-state index contributed by atoms with van der Waals surface area (Å²) >= 11 is 3.40. The number of hydrogen-bond donors (Lipinski definition) is 2. The number of hydrazone groups is 1. The zero-order valence-electron chi connectivity index (χ0n) is 13.4. The van der Waals surface area contributed by atoms with Crippen molar-refractivity contribution in [3.8, 4) is 0 Å². The van der Waals surface area contributed by atoms with Crippen LogP contribution in [0.1, 0.15) is 25.0 Å². The van der Waals surface area contributed by atoms with Gasteiger partial charge in [-0.15, -0.1) is 0 Å². The predicted octanol–water partition coefficient (Wildman–Crippen LogP) is 4.10. The summed E-state index contributed by atoms with van der Waals surface area (Å²) in [5.74, 6) is -0.176. The quantitative estimate of drug-likeness (QED) is 0.612. The van der Waals surface area contributed by atoms with Crippen LogP contribution in [0.15, 0.2) is 58.1 Å². The number of nitrogens with zero attached hydrogens (tertiary/aromatic N) is 1. The summed E-state index contributed by atoms with van der Waals surface area (Å²) < 4.78 is 1.01. The Morgan fingerprint density at radius 1 is 1.13 bits per heavy atom. The number of halogens is 1. The summed E-state index contributed by atoms with van der Waals surface area (Å²) in [6.07, 6.45) is 0. The number of anilines is 1. The third kappa shape index (κ3) is 4.93. The third-order valence-electron chi connectivity index (χ3n) is 3.51. The van der Waals surface area contributed by atoms with E-state index in [1.165, 1.54) is 0 Å². The van der Waals surface area contributed by atoms with Gasteiger partial charge in [0.25, 0.3) is 5.91 Å². The molecule has 120 valence electrons. The van der Waals surface area contributed by atoms with E-state index in [2.05, 4.69) is 31.8 Å². The van der Waals surface area contributed by atoms with Crippen molar-refractivity contribution >= 4 is 33.2 Å². The minimum Gasteiger partial charge on any atom is -0.374 e. The number of carbonyl (C=O) groups is 1. The molecule has 23 heavy (non-hydrogen) atoms. The lowest BCUT2D eigenvalue weighted by atomic mass is 10.1. The van der Waals surface area contributed by atoms with Crippen molar-refractivity contribution in [1.29, 1.82) is 0 Å². The zero-order valence-corrected chi connectivity index (χ0v) is 15.0. The van der Waals surface area contributed by atoms with Gasteiger partial charge in [0.15, 0.2) is 0 Å². The maximum atomic E-state index is 12.2. The van der Waals surface area contributed by atoms with Crippen molar-refractivity contribution in [3.63, 3.8) is 0 Å². The molecule has 0 aliphatic carbocycles. The van der Waals surface area contributed by atoms with Crippen molar-refractivity contribution < 1.29 is 4.79 Å². The summed E-state index contributed by atoms with van der Waals surface area (Å²) in [7, 11) is 0. The molecule has 4 nitrogen and oxygen atoms in total. The molecular weight excluding hydrogens is 354 g/mol. The number of carbonyl (C=O) groups excluding carboxylic acids is 1. The van der Waals surface area contributed by atoms with E-state index in [-0.39, 0.29) is 11.9 Å². The number of nitrogens with one attached hydrogen (secondary N) is 2. The molecule has 0 aliphatic heterocycles. The Bertz CT molecular complexity index is 710. The fourth-order valence-electron chi connectivity index (χ4n) is 2.03. The predicted molar refractivity (Wildman–Crippen MR) is 98.8 cm³/mol. The normalized spacial score (nSPS) is 12.6. The molecule has 2 aromatic carbocycles. The number of rotatable bonds is 5. The number of para-hydroxylation sites is 1. The van der Waals surface area contributed by atoms with Gasteiger partial charge in [-0.05, 0) is 50.1 Å². The smallest absolute Gasteiger partial charge is 0.262 e. The van der Waals surface area contributed by atoms with E-state index < -0.39 is 0 Å². The molecule has 0 spiro atoms. The van der Waals surface area contributed by atoms with Gasteiger partial charge in [-0.3, -0.25) is 4.79 Å². The van der Waals surface area contributed by atoms with Crippen LogP contribution in [-0.2, 0) is 4.79 Å². The first kappa shape index (κ1) is 17.2. The minimum absolute atomic E-state index is 0.176. The van der Waals surface area contributed by atoms with E-state index in [4.69, 9.17) is 0 Å². The van der Waals surface area contributed by atoms with Gasteiger partial charge in [0.2, 0.25) is 0 Å². The minimum atomic E-state index is -0.377. The largest absolute Gasteiger partial charge is 0.374 e. The van der Waals surface area contributed by atoms with Crippen LogP contribution in [0.5, 0.6) is 0 Å². The van der Waals surface area contributed by atoms with E-state index in [9.17, 15) is 4.79 Å². The summed E-state index contributed by atoms with van der Waals surface area (Å²) in [5, 5.41) is 7.36. The Kier molecular flexibility index (Phi) is 5.93. The Morgan fingerprint density at radius 2 is 1.78 bits per heavy atom. The molecule has 2 rings (SSSR count). The maximum Gasteiger partial charge on any atom is 0.262 e. The van der Waals surface area contributed by atoms with Gasteiger partial charge in [0.1, 0.15) is 6.04 Å². The second-order valence-electron chi connectivity index (χ2n) is 5.36. The average molecular weight is 374 g/mol. The highest BCUT2D eigenvalue weighted by Gasteiger charge is 2.12. The van der Waals surface area contributed by atoms with E-state index in [1.807, 2.05) is 69.3 Å². The van der Waals surface area contributed by atoms with Crippen molar-refractivity contribution in [2.24, 2.45) is 5.10 Å². The molecule has 2 aromatic rings. The highest BCUT2D eigenvalue weighted by atomic mass is 79.9. The van der Waals surface area contributed by atoms with Gasteiger partial charge in [0.05, 0.1) is 5.71 Å². The summed E-state index contributed by atoms with van der Waals surface area (Å²) in [6, 6.07) is 15.3. The first-order valence-electron chi connectivity index (χ1n) is 7.39. The van der Waals surface area contributed by atoms with Crippen molar-refractivity contribution in [3.05, 3.63) is 64.1 Å². The van der Waals surface area contributed by atoms with Crippen LogP contribution in [0.4, 0.5) is 5.69 Å². The Labute approximate surface area is 145 Å². The summed E-state index contributed by atoms with van der Waals surface area (Å²) in [6.45, 7) is 5.68. The number of amides is 1. The third-order valence-corrected chi connectivity index (χ3v) is 4.03. The van der Waals surface area contributed by atoms with Crippen LogP contribution >= 0.6 is 15.9 Å². The van der Waals surface area contributed by atoms with Crippen LogP contribution in [0, 0.1) is 6.92 Å². The highest BCUT2D eigenvalue weighted by molar-refractivity contribution is 9.10. The molecule has 0 saturated heterocycles. The van der Waals surface area contributed by atoms with E-state index >= 15 is 0 Å². The van der Waals surface area contributed by atoms with E-state index in [0.717, 1.165) is 27.0 Å². The lowest BCUT2D eigenvalue weighted by Crippen LogP contribution is -2.35. The molecule has 0 aromatic heterocycles. The number of benzene rings is 2. The fraction of sp³-hybridized carbons (Fsp3) is 0.222. The standard InChI is InChI=1S/C18H20BrN3O/c1-12-6-4-5-7-17(12)20-14(3)18(23)22-21-13(2)15-8-10-16(19)11-9-15/h4-11,14,20H,1-3H3,(H,22,23)/b21-13-/t14-/m1/s1. The Morgan fingerprint density at radius 3 is 2.43 bits per heavy atom. The van der Waals surface area contributed by atoms with Crippen LogP contribution in [0.3, 0.4) is 0 Å². The van der Waals surface area contributed by atoms with Gasteiger partial charge in [0, 0.05) is 10.2 Å². The van der Waals surface area contributed by atoms with Crippen LogP contribution in [-0.4, -0.2) is 17.7 Å². The molecule has 1 amide bonds. The average Bonchev–Trinajstić information content (AvgIpc) is 2.55. The second kappa shape index (κ2) is 7.92. The van der Waals surface area contributed by atoms with Crippen molar-refractivity contribution in [2.75, 3.05) is 5.32 Å². The molecule has 0 radical (unpaired) electrons. The van der Waals surface area contributed by atoms with Gasteiger partial charge >= 0.3 is 0 Å². The molecule has 0 heterocycles. The zero-order chi connectivity index (χ0) is 16.8. The molecule has 0 bridgehead atoms. The topological polar surface area (TPSA) is 53.5 Å². The SMILES string of the molecule is C/C(=N/NC(=O)[C@@H](C)Nc1ccccc1C)c1ccc(Br)cc1. The second-order valence-corrected chi connectivity index (χ2v) is 6.28. The van der Waals surface area contributed by atoms with Crippen LogP contribution in [0.2, 0.25) is 0 Å². The molecule has 0 unspecified atom stereocenters. The van der Waals surface area contributed by atoms with Gasteiger partial charge < -0.3 is 5.32 Å². The molecule has 2 N–H and O–H groups in total. The van der Waals surface area contributed by atoms with Crippen molar-refractivity contribution in [2.45, 2.75) is 26.8 Å². The van der Waals surface area contributed by atoms with E-state index in [1.54, 1.807) is 0 Å². The van der Waals surface area contributed by atoms with Gasteiger partial charge in [-0.1, -0.05) is 46.3 Å². The monoisotopic (exact) mass is 373 g/mol. The van der Waals surface area contributed by atoms with Crippen LogP contribution < -0.4 is 10.7 Å². The lowest BCUT2D eigenvalue weighted by molar-refractivity contribution is -0.121. The molecule has 0 aliphatic rings. The lowest BCUT2D eigenvalue weighted by Gasteiger charge is -2.15.